The third-order valence-electron chi connectivity index (χ3n) is 1.82. The summed E-state index contributed by atoms with van der Waals surface area (Å²) in [7, 11) is 2.10. The van der Waals surface area contributed by atoms with Gasteiger partial charge in [0, 0.05) is 19.3 Å². The van der Waals surface area contributed by atoms with Crippen LogP contribution in [0.1, 0.15) is 26.7 Å². The molecule has 0 rings (SSSR count). The van der Waals surface area contributed by atoms with Crippen LogP contribution in [0.2, 0.25) is 0 Å². The molecule has 0 saturated carbocycles. The van der Waals surface area contributed by atoms with Crippen molar-refractivity contribution in [3.8, 4) is 0 Å². The molecule has 0 unspecified atom stereocenters. The lowest BCUT2D eigenvalue weighted by Gasteiger charge is -2.23. The van der Waals surface area contributed by atoms with Gasteiger partial charge in [0.25, 0.3) is 0 Å². The number of hydrogen-bond donors (Lipinski definition) is 0. The van der Waals surface area contributed by atoms with Crippen molar-refractivity contribution in [1.29, 1.82) is 0 Å². The summed E-state index contributed by atoms with van der Waals surface area (Å²) < 4.78 is 0. The Hall–Kier alpha value is -0.720. The minimum Gasteiger partial charge on any atom is -0.378 e. The summed E-state index contributed by atoms with van der Waals surface area (Å²) in [5.41, 5.74) is 1.21. The molecule has 0 fully saturated rings. The van der Waals surface area contributed by atoms with Gasteiger partial charge in [0.1, 0.15) is 0 Å². The molecule has 0 saturated heterocycles. The molecule has 0 spiro atoms. The van der Waals surface area contributed by atoms with Crippen LogP contribution in [0.4, 0.5) is 0 Å². The smallest absolute Gasteiger partial charge is 0.0194 e. The highest BCUT2D eigenvalue weighted by Gasteiger charge is 2.02. The molecule has 0 aliphatic heterocycles. The maximum absolute atomic E-state index is 4.02. The quantitative estimate of drug-likeness (QED) is 0.550. The molecule has 0 heterocycles. The van der Waals surface area contributed by atoms with E-state index in [0.29, 0.717) is 5.92 Å². The lowest BCUT2D eigenvalue weighted by Crippen LogP contribution is -2.21. The molecule has 1 heteroatoms. The molecule has 0 aliphatic carbocycles. The molecule has 1 nitrogen and oxygen atoms in total. The van der Waals surface area contributed by atoms with Gasteiger partial charge in [0.2, 0.25) is 0 Å². The van der Waals surface area contributed by atoms with E-state index in [1.807, 2.05) is 6.08 Å². The minimum absolute atomic E-state index is 0.704. The Balaban J connectivity index is 3.68. The van der Waals surface area contributed by atoms with Crippen LogP contribution in [0.25, 0.3) is 0 Å². The molecule has 0 amide bonds. The lowest BCUT2D eigenvalue weighted by molar-refractivity contribution is 0.352. The fourth-order valence-corrected chi connectivity index (χ4v) is 1.14. The molecule has 0 N–H and O–H groups in total. The van der Waals surface area contributed by atoms with E-state index in [1.54, 1.807) is 0 Å². The third-order valence-corrected chi connectivity index (χ3v) is 1.82. The van der Waals surface area contributed by atoms with Crippen LogP contribution < -0.4 is 0 Å². The third kappa shape index (κ3) is 5.00. The summed E-state index contributed by atoms with van der Waals surface area (Å²) in [6, 6.07) is 0. The van der Waals surface area contributed by atoms with E-state index in [2.05, 4.69) is 39.0 Å². The molecular formula is C11H21N. The van der Waals surface area contributed by atoms with Gasteiger partial charge >= 0.3 is 0 Å². The van der Waals surface area contributed by atoms with Crippen LogP contribution in [0, 0.1) is 5.92 Å². The van der Waals surface area contributed by atoms with Crippen molar-refractivity contribution < 1.29 is 0 Å². The molecular weight excluding hydrogens is 146 g/mol. The molecule has 0 aromatic rings. The molecule has 0 atom stereocenters. The highest BCUT2D eigenvalue weighted by Crippen LogP contribution is 2.09. The summed E-state index contributed by atoms with van der Waals surface area (Å²) in [6.45, 7) is 13.2. The van der Waals surface area contributed by atoms with E-state index in [-0.39, 0.29) is 0 Å². The number of allylic oxidation sites excluding steroid dienone is 2. The average molecular weight is 167 g/mol. The van der Waals surface area contributed by atoms with E-state index in [0.717, 1.165) is 19.4 Å². The van der Waals surface area contributed by atoms with Gasteiger partial charge in [-0.15, -0.1) is 6.58 Å². The SMILES string of the molecule is C=CCCC(=C)N(C)CC(C)C. The Labute approximate surface area is 76.8 Å². The second-order valence-corrected chi connectivity index (χ2v) is 3.67. The van der Waals surface area contributed by atoms with Crippen LogP contribution in [-0.2, 0) is 0 Å². The lowest BCUT2D eigenvalue weighted by atomic mass is 10.2. The standard InChI is InChI=1S/C11H21N/c1-6-7-8-11(4)12(5)9-10(2)3/h6,10H,1,4,7-9H2,2-3,5H3. The predicted molar refractivity (Wildman–Crippen MR) is 56.0 cm³/mol. The van der Waals surface area contributed by atoms with Gasteiger partial charge in [-0.2, -0.15) is 0 Å². The van der Waals surface area contributed by atoms with E-state index < -0.39 is 0 Å². The summed E-state index contributed by atoms with van der Waals surface area (Å²) in [5.74, 6) is 0.704. The van der Waals surface area contributed by atoms with Crippen LogP contribution in [0.15, 0.2) is 24.9 Å². The van der Waals surface area contributed by atoms with Crippen molar-refractivity contribution in [1.82, 2.24) is 4.90 Å². The van der Waals surface area contributed by atoms with E-state index in [1.165, 1.54) is 5.70 Å². The average Bonchev–Trinajstić information content (AvgIpc) is 1.98. The minimum atomic E-state index is 0.704. The molecule has 0 aliphatic rings. The molecule has 0 radical (unpaired) electrons. The first-order valence-electron chi connectivity index (χ1n) is 4.57. The van der Waals surface area contributed by atoms with Crippen molar-refractivity contribution in [2.45, 2.75) is 26.7 Å². The zero-order valence-corrected chi connectivity index (χ0v) is 8.64. The maximum atomic E-state index is 4.02. The zero-order chi connectivity index (χ0) is 9.56. The Morgan fingerprint density at radius 3 is 2.50 bits per heavy atom. The second-order valence-electron chi connectivity index (χ2n) is 3.67. The predicted octanol–water partition coefficient (Wildman–Crippen LogP) is 3.05. The van der Waals surface area contributed by atoms with Gasteiger partial charge in [-0.1, -0.05) is 26.5 Å². The molecule has 0 aromatic carbocycles. The second kappa shape index (κ2) is 5.87. The van der Waals surface area contributed by atoms with Gasteiger partial charge in [-0.05, 0) is 18.8 Å². The van der Waals surface area contributed by atoms with Gasteiger partial charge < -0.3 is 4.90 Å². The number of nitrogens with zero attached hydrogens (tertiary/aromatic N) is 1. The summed E-state index contributed by atoms with van der Waals surface area (Å²) in [5, 5.41) is 0. The van der Waals surface area contributed by atoms with Gasteiger partial charge in [-0.3, -0.25) is 0 Å². The fourth-order valence-electron chi connectivity index (χ4n) is 1.14. The largest absolute Gasteiger partial charge is 0.378 e. The van der Waals surface area contributed by atoms with Gasteiger partial charge in [0.15, 0.2) is 0 Å². The van der Waals surface area contributed by atoms with Crippen molar-refractivity contribution in [2.75, 3.05) is 13.6 Å². The van der Waals surface area contributed by atoms with Crippen LogP contribution >= 0.6 is 0 Å². The normalized spacial score (nSPS) is 10.0. The maximum Gasteiger partial charge on any atom is 0.0194 e. The zero-order valence-electron chi connectivity index (χ0n) is 8.64. The first kappa shape index (κ1) is 11.3. The Morgan fingerprint density at radius 2 is 2.08 bits per heavy atom. The van der Waals surface area contributed by atoms with E-state index >= 15 is 0 Å². The highest BCUT2D eigenvalue weighted by atomic mass is 15.1. The molecule has 0 aromatic heterocycles. The van der Waals surface area contributed by atoms with Crippen LogP contribution in [0.3, 0.4) is 0 Å². The first-order chi connectivity index (χ1) is 5.57. The molecule has 0 bridgehead atoms. The summed E-state index contributed by atoms with van der Waals surface area (Å²) in [4.78, 5) is 2.23. The van der Waals surface area contributed by atoms with Gasteiger partial charge in [-0.25, -0.2) is 0 Å². The fraction of sp³-hybridized carbons (Fsp3) is 0.636. The Kier molecular flexibility index (Phi) is 5.52. The van der Waals surface area contributed by atoms with Crippen molar-refractivity contribution >= 4 is 0 Å². The van der Waals surface area contributed by atoms with Crippen LogP contribution in [-0.4, -0.2) is 18.5 Å². The van der Waals surface area contributed by atoms with E-state index in [9.17, 15) is 0 Å². The first-order valence-corrected chi connectivity index (χ1v) is 4.57. The van der Waals surface area contributed by atoms with Crippen molar-refractivity contribution in [3.05, 3.63) is 24.9 Å². The Morgan fingerprint density at radius 1 is 1.50 bits per heavy atom. The monoisotopic (exact) mass is 167 g/mol. The number of hydrogen-bond acceptors (Lipinski definition) is 1. The molecule has 70 valence electrons. The van der Waals surface area contributed by atoms with Crippen molar-refractivity contribution in [2.24, 2.45) is 5.92 Å². The summed E-state index contributed by atoms with van der Waals surface area (Å²) in [6.07, 6.45) is 4.00. The number of rotatable bonds is 6. The Bertz CT molecular complexity index is 147. The van der Waals surface area contributed by atoms with E-state index in [4.69, 9.17) is 0 Å². The van der Waals surface area contributed by atoms with Gasteiger partial charge in [0.05, 0.1) is 0 Å². The molecule has 12 heavy (non-hydrogen) atoms. The van der Waals surface area contributed by atoms with Crippen LogP contribution in [0.5, 0.6) is 0 Å². The van der Waals surface area contributed by atoms with Crippen molar-refractivity contribution in [3.63, 3.8) is 0 Å². The summed E-state index contributed by atoms with van der Waals surface area (Å²) >= 11 is 0. The highest BCUT2D eigenvalue weighted by molar-refractivity contribution is 4.94. The topological polar surface area (TPSA) is 3.24 Å².